The lowest BCUT2D eigenvalue weighted by Crippen LogP contribution is -2.35. The van der Waals surface area contributed by atoms with Crippen LogP contribution < -0.4 is 10.5 Å². The average molecular weight is 195 g/mol. The second-order valence-corrected chi connectivity index (χ2v) is 3.82. The molecule has 1 aromatic heterocycles. The SMILES string of the molecule is [2H]c1c(N2CCCC(C)C2)n[nH]c(=O)c1[2H]. The van der Waals surface area contributed by atoms with Crippen LogP contribution in [0.1, 0.15) is 22.5 Å². The first-order valence-electron chi connectivity index (χ1n) is 5.90. The Morgan fingerprint density at radius 3 is 3.36 bits per heavy atom. The molecule has 0 saturated carbocycles. The number of aromatic amines is 1. The molecule has 0 aliphatic carbocycles. The minimum atomic E-state index is -0.598. The van der Waals surface area contributed by atoms with Crippen molar-refractivity contribution in [2.24, 2.45) is 5.92 Å². The van der Waals surface area contributed by atoms with Gasteiger partial charge in [-0.05, 0) is 24.8 Å². The summed E-state index contributed by atoms with van der Waals surface area (Å²) in [5.74, 6) is 0.993. The largest absolute Gasteiger partial charge is 0.355 e. The molecule has 0 amide bonds. The first kappa shape index (κ1) is 7.04. The Hall–Kier alpha value is -1.32. The molecule has 1 saturated heterocycles. The summed E-state index contributed by atoms with van der Waals surface area (Å²) in [5, 5.41) is 6.14. The number of H-pyrrole nitrogens is 1. The van der Waals surface area contributed by atoms with Crippen molar-refractivity contribution in [2.75, 3.05) is 18.0 Å². The summed E-state index contributed by atoms with van der Waals surface area (Å²) in [7, 11) is 0. The van der Waals surface area contributed by atoms with Crippen molar-refractivity contribution >= 4 is 5.82 Å². The molecule has 0 aromatic carbocycles. The molecular weight excluding hydrogens is 178 g/mol. The van der Waals surface area contributed by atoms with Crippen molar-refractivity contribution < 1.29 is 2.74 Å². The predicted octanol–water partition coefficient (Wildman–Crippen LogP) is 1.01. The van der Waals surface area contributed by atoms with E-state index >= 15 is 0 Å². The van der Waals surface area contributed by atoms with E-state index in [9.17, 15) is 4.79 Å². The zero-order valence-corrected chi connectivity index (χ0v) is 8.21. The molecule has 0 bridgehead atoms. The van der Waals surface area contributed by atoms with Crippen LogP contribution in [-0.4, -0.2) is 23.3 Å². The molecule has 4 heteroatoms. The molecule has 0 spiro atoms. The number of piperidine rings is 1. The van der Waals surface area contributed by atoms with Crippen LogP contribution in [0.4, 0.5) is 5.82 Å². The molecule has 76 valence electrons. The fraction of sp³-hybridized carbons (Fsp3) is 0.600. The monoisotopic (exact) mass is 195 g/mol. The van der Waals surface area contributed by atoms with Crippen LogP contribution in [0.15, 0.2) is 16.9 Å². The van der Waals surface area contributed by atoms with Gasteiger partial charge in [-0.15, -0.1) is 0 Å². The minimum Gasteiger partial charge on any atom is -0.355 e. The molecule has 2 rings (SSSR count). The number of anilines is 1. The molecule has 14 heavy (non-hydrogen) atoms. The maximum Gasteiger partial charge on any atom is 0.264 e. The number of rotatable bonds is 1. The van der Waals surface area contributed by atoms with E-state index in [4.69, 9.17) is 2.74 Å². The normalized spacial score (nSPS) is 24.4. The van der Waals surface area contributed by atoms with Crippen LogP contribution in [0.3, 0.4) is 0 Å². The van der Waals surface area contributed by atoms with Gasteiger partial charge in [-0.25, -0.2) is 5.10 Å². The molecule has 1 aliphatic rings. The van der Waals surface area contributed by atoms with E-state index < -0.39 is 5.56 Å². The Labute approximate surface area is 85.8 Å². The minimum absolute atomic E-state index is 0.0714. The van der Waals surface area contributed by atoms with Crippen LogP contribution in [0, 0.1) is 5.92 Å². The summed E-state index contributed by atoms with van der Waals surface area (Å²) in [5.41, 5.74) is -0.598. The van der Waals surface area contributed by atoms with Gasteiger partial charge >= 0.3 is 0 Å². The van der Waals surface area contributed by atoms with Crippen molar-refractivity contribution in [2.45, 2.75) is 19.8 Å². The van der Waals surface area contributed by atoms with Crippen molar-refractivity contribution in [1.29, 1.82) is 0 Å². The van der Waals surface area contributed by atoms with Gasteiger partial charge in [0.25, 0.3) is 5.56 Å². The summed E-state index contributed by atoms with van der Waals surface area (Å²) < 4.78 is 15.2. The summed E-state index contributed by atoms with van der Waals surface area (Å²) in [6.07, 6.45) is 2.25. The smallest absolute Gasteiger partial charge is 0.264 e. The Bertz CT molecular complexity index is 446. The van der Waals surface area contributed by atoms with E-state index in [1.807, 2.05) is 4.90 Å². The molecule has 1 atom stereocenters. The van der Waals surface area contributed by atoms with E-state index in [1.165, 1.54) is 6.42 Å². The summed E-state index contributed by atoms with van der Waals surface area (Å²) in [4.78, 5) is 13.1. The molecule has 4 nitrogen and oxygen atoms in total. The van der Waals surface area contributed by atoms with Gasteiger partial charge in [0, 0.05) is 19.1 Å². The standard InChI is InChI=1S/C10H15N3O/c1-8-3-2-6-13(7-8)9-4-5-10(14)12-11-9/h4-5,8H,2-3,6-7H2,1H3,(H,12,14)/i4D,5D. The van der Waals surface area contributed by atoms with Crippen molar-refractivity contribution in [1.82, 2.24) is 10.2 Å². The Kier molecular flexibility index (Phi) is 1.92. The highest BCUT2D eigenvalue weighted by atomic mass is 16.1. The van der Waals surface area contributed by atoms with Crippen LogP contribution in [0.2, 0.25) is 0 Å². The first-order valence-corrected chi connectivity index (χ1v) is 4.90. The van der Waals surface area contributed by atoms with E-state index in [2.05, 4.69) is 17.1 Å². The van der Waals surface area contributed by atoms with E-state index in [0.717, 1.165) is 19.5 Å². The molecule has 1 aliphatic heterocycles. The summed E-state index contributed by atoms with van der Waals surface area (Å²) in [6.45, 7) is 3.84. The fourth-order valence-electron chi connectivity index (χ4n) is 1.80. The van der Waals surface area contributed by atoms with Gasteiger partial charge in [0.1, 0.15) is 5.82 Å². The van der Waals surface area contributed by atoms with Crippen LogP contribution >= 0.6 is 0 Å². The van der Waals surface area contributed by atoms with E-state index in [0.29, 0.717) is 11.7 Å². The van der Waals surface area contributed by atoms with Gasteiger partial charge in [-0.2, -0.15) is 5.10 Å². The van der Waals surface area contributed by atoms with Crippen molar-refractivity contribution in [3.63, 3.8) is 0 Å². The maximum atomic E-state index is 11.1. The van der Waals surface area contributed by atoms with Gasteiger partial charge < -0.3 is 4.90 Å². The van der Waals surface area contributed by atoms with Gasteiger partial charge in [-0.1, -0.05) is 6.92 Å². The third-order valence-electron chi connectivity index (χ3n) is 2.51. The Morgan fingerprint density at radius 2 is 2.57 bits per heavy atom. The number of nitrogens with zero attached hydrogens (tertiary/aromatic N) is 2. The third kappa shape index (κ3) is 1.95. The molecule has 2 heterocycles. The van der Waals surface area contributed by atoms with Gasteiger partial charge in [0.2, 0.25) is 0 Å². The number of hydrogen-bond donors (Lipinski definition) is 1. The highest BCUT2D eigenvalue weighted by Crippen LogP contribution is 2.19. The van der Waals surface area contributed by atoms with Crippen molar-refractivity contribution in [3.8, 4) is 0 Å². The predicted molar refractivity (Wildman–Crippen MR) is 55.5 cm³/mol. The van der Waals surface area contributed by atoms with Gasteiger partial charge in [0.05, 0.1) is 2.74 Å². The van der Waals surface area contributed by atoms with Crippen LogP contribution in [0.25, 0.3) is 0 Å². The van der Waals surface area contributed by atoms with Crippen molar-refractivity contribution in [3.05, 3.63) is 22.4 Å². The first-order chi connectivity index (χ1) is 7.59. The molecule has 1 N–H and O–H groups in total. The summed E-state index contributed by atoms with van der Waals surface area (Å²) in [6, 6.07) is -0.374. The second kappa shape index (κ2) is 3.82. The third-order valence-corrected chi connectivity index (χ3v) is 2.51. The fourth-order valence-corrected chi connectivity index (χ4v) is 1.80. The lowest BCUT2D eigenvalue weighted by molar-refractivity contribution is 0.443. The van der Waals surface area contributed by atoms with Crippen LogP contribution in [-0.2, 0) is 0 Å². The molecule has 0 radical (unpaired) electrons. The van der Waals surface area contributed by atoms with Gasteiger partial charge in [-0.3, -0.25) is 4.79 Å². The number of nitrogens with one attached hydrogen (secondary N) is 1. The average Bonchev–Trinajstić information content (AvgIpc) is 2.26. The number of hydrogen-bond acceptors (Lipinski definition) is 3. The molecule has 1 fully saturated rings. The quantitative estimate of drug-likeness (QED) is 0.727. The molecule has 1 aromatic rings. The highest BCUT2D eigenvalue weighted by molar-refractivity contribution is 5.36. The van der Waals surface area contributed by atoms with E-state index in [-0.39, 0.29) is 12.1 Å². The summed E-state index contributed by atoms with van der Waals surface area (Å²) >= 11 is 0. The zero-order chi connectivity index (χ0) is 11.7. The molecular formula is C10H15N3O. The van der Waals surface area contributed by atoms with Gasteiger partial charge in [0.15, 0.2) is 0 Å². The number of aromatic nitrogens is 2. The highest BCUT2D eigenvalue weighted by Gasteiger charge is 2.17. The Morgan fingerprint density at radius 1 is 1.71 bits per heavy atom. The lowest BCUT2D eigenvalue weighted by atomic mass is 10.0. The maximum absolute atomic E-state index is 11.1. The van der Waals surface area contributed by atoms with E-state index in [1.54, 1.807) is 0 Å². The second-order valence-electron chi connectivity index (χ2n) is 3.82. The molecule has 1 unspecified atom stereocenters. The van der Waals surface area contributed by atoms with Crippen LogP contribution in [0.5, 0.6) is 0 Å². The lowest BCUT2D eigenvalue weighted by Gasteiger charge is -2.31. The Balaban J connectivity index is 2.33. The zero-order valence-electron chi connectivity index (χ0n) is 10.2. The topological polar surface area (TPSA) is 49.0 Å².